The highest BCUT2D eigenvalue weighted by Gasteiger charge is 2.23. The summed E-state index contributed by atoms with van der Waals surface area (Å²) in [5, 5.41) is 19.1. The van der Waals surface area contributed by atoms with E-state index in [0.29, 0.717) is 36.6 Å². The van der Waals surface area contributed by atoms with Crippen molar-refractivity contribution in [3.8, 4) is 28.8 Å². The second-order valence-electron chi connectivity index (χ2n) is 9.93. The largest absolute Gasteiger partial charge is 0.493 e. The molecule has 3 heterocycles. The van der Waals surface area contributed by atoms with Crippen LogP contribution in [0.5, 0.6) is 17.5 Å². The van der Waals surface area contributed by atoms with Gasteiger partial charge in [-0.2, -0.15) is 0 Å². The summed E-state index contributed by atoms with van der Waals surface area (Å²) in [5.41, 5.74) is 6.80. The van der Waals surface area contributed by atoms with Crippen LogP contribution in [0.3, 0.4) is 0 Å². The van der Waals surface area contributed by atoms with Gasteiger partial charge in [0.05, 0.1) is 25.1 Å². The summed E-state index contributed by atoms with van der Waals surface area (Å²) in [7, 11) is 1.59. The Kier molecular flexibility index (Phi) is 7.64. The molecule has 4 aromatic rings. The fraction of sp³-hybridized carbons (Fsp3) is 0.345. The molecule has 0 saturated carbocycles. The van der Waals surface area contributed by atoms with E-state index in [2.05, 4.69) is 32.6 Å². The van der Waals surface area contributed by atoms with Crippen LogP contribution in [0.1, 0.15) is 39.8 Å². The predicted octanol–water partition coefficient (Wildman–Crippen LogP) is 2.69. The molecule has 1 aliphatic rings. The molecule has 2 aromatic heterocycles. The van der Waals surface area contributed by atoms with Crippen molar-refractivity contribution >= 4 is 11.6 Å². The molecule has 0 radical (unpaired) electrons. The van der Waals surface area contributed by atoms with E-state index < -0.39 is 11.9 Å². The van der Waals surface area contributed by atoms with Gasteiger partial charge in [-0.25, -0.2) is 9.79 Å². The normalized spacial score (nSPS) is 12.6. The molecule has 1 aliphatic heterocycles. The summed E-state index contributed by atoms with van der Waals surface area (Å²) in [6, 6.07) is 9.47. The van der Waals surface area contributed by atoms with E-state index in [4.69, 9.17) is 14.5 Å². The fourth-order valence-corrected chi connectivity index (χ4v) is 5.26. The van der Waals surface area contributed by atoms with Gasteiger partial charge in [0.15, 0.2) is 11.5 Å². The van der Waals surface area contributed by atoms with Gasteiger partial charge in [-0.1, -0.05) is 22.8 Å². The first-order valence-electron chi connectivity index (χ1n) is 13.4. The van der Waals surface area contributed by atoms with E-state index in [1.807, 2.05) is 45.9 Å². The lowest BCUT2D eigenvalue weighted by Gasteiger charge is -2.25. The van der Waals surface area contributed by atoms with Crippen LogP contribution in [0.15, 0.2) is 40.1 Å². The number of amides is 1. The summed E-state index contributed by atoms with van der Waals surface area (Å²) in [6.07, 6.45) is 0.644. The van der Waals surface area contributed by atoms with Gasteiger partial charge in [0.1, 0.15) is 5.49 Å². The molecule has 0 atom stereocenters. The van der Waals surface area contributed by atoms with Gasteiger partial charge in [0, 0.05) is 31.3 Å². The number of aromatic nitrogens is 5. The van der Waals surface area contributed by atoms with Crippen molar-refractivity contribution in [1.29, 1.82) is 0 Å². The van der Waals surface area contributed by atoms with E-state index in [-0.39, 0.29) is 24.6 Å². The zero-order valence-electron chi connectivity index (χ0n) is 23.7. The molecule has 0 fully saturated rings. The van der Waals surface area contributed by atoms with Crippen LogP contribution >= 0.6 is 0 Å². The lowest BCUT2D eigenvalue weighted by Crippen LogP contribution is -2.44. The molecule has 5 rings (SSSR count). The molecule has 0 spiro atoms. The van der Waals surface area contributed by atoms with E-state index >= 15 is 0 Å². The highest BCUT2D eigenvalue weighted by Crippen LogP contribution is 2.37. The van der Waals surface area contributed by atoms with Crippen LogP contribution < -0.4 is 26.0 Å². The highest BCUT2D eigenvalue weighted by atomic mass is 16.5. The van der Waals surface area contributed by atoms with Crippen molar-refractivity contribution in [2.75, 3.05) is 20.3 Å². The average molecular weight is 560 g/mol. The summed E-state index contributed by atoms with van der Waals surface area (Å²) in [4.78, 5) is 33.8. The monoisotopic (exact) mass is 559 g/mol. The van der Waals surface area contributed by atoms with Crippen molar-refractivity contribution in [2.24, 2.45) is 4.99 Å². The molecule has 0 aliphatic carbocycles. The highest BCUT2D eigenvalue weighted by molar-refractivity contribution is 5.90. The average Bonchev–Trinajstić information content (AvgIpc) is 3.38. The van der Waals surface area contributed by atoms with Crippen molar-refractivity contribution in [2.45, 2.75) is 47.2 Å². The number of aryl methyl sites for hydroxylation is 4. The number of hydrogen-bond donors (Lipinski definition) is 3. The maximum atomic E-state index is 14.0. The minimum absolute atomic E-state index is 0.121. The van der Waals surface area contributed by atoms with E-state index in [9.17, 15) is 14.7 Å². The first kappa shape index (κ1) is 27.7. The van der Waals surface area contributed by atoms with E-state index in [0.717, 1.165) is 39.2 Å². The number of carbonyl (C=O) groups excluding carboxylic acids is 1. The molecule has 12 nitrogen and oxygen atoms in total. The summed E-state index contributed by atoms with van der Waals surface area (Å²) < 4.78 is 14.7. The SMILES string of the molecule is CCOc1cc2c(cc1OC)-c1c/c(=N\c3c(C)cc(C)cc3C)n(CCNC(=O)c3nnc(O)[nH]3)c(=O)n1CC2. The summed E-state index contributed by atoms with van der Waals surface area (Å²) in [5.74, 6) is 0.587. The number of fused-ring (bicyclic) bond motifs is 3. The second kappa shape index (κ2) is 11.3. The number of hydrogen-bond acceptors (Lipinski definition) is 8. The summed E-state index contributed by atoms with van der Waals surface area (Å²) >= 11 is 0. The zero-order chi connectivity index (χ0) is 29.3. The Labute approximate surface area is 236 Å². The Morgan fingerprint density at radius 1 is 1.12 bits per heavy atom. The minimum Gasteiger partial charge on any atom is -0.493 e. The fourth-order valence-electron chi connectivity index (χ4n) is 5.26. The topological polar surface area (TPSA) is 149 Å². The summed E-state index contributed by atoms with van der Waals surface area (Å²) in [6.45, 7) is 9.22. The number of aromatic hydroxyl groups is 1. The Hall–Kier alpha value is -4.87. The number of ether oxygens (including phenoxy) is 2. The van der Waals surface area contributed by atoms with Gasteiger partial charge < -0.3 is 19.9 Å². The third-order valence-electron chi connectivity index (χ3n) is 7.04. The first-order valence-corrected chi connectivity index (χ1v) is 13.4. The zero-order valence-corrected chi connectivity index (χ0v) is 23.7. The number of nitrogens with one attached hydrogen (secondary N) is 2. The molecule has 12 heteroatoms. The molecule has 3 N–H and O–H groups in total. The number of carbonyl (C=O) groups is 1. The Morgan fingerprint density at radius 3 is 2.54 bits per heavy atom. The van der Waals surface area contributed by atoms with E-state index in [1.165, 1.54) is 0 Å². The van der Waals surface area contributed by atoms with Crippen LogP contribution in [0.4, 0.5) is 5.69 Å². The maximum Gasteiger partial charge on any atom is 0.330 e. The number of methoxy groups -OCH3 is 1. The van der Waals surface area contributed by atoms with Crippen molar-refractivity contribution < 1.29 is 19.4 Å². The number of rotatable bonds is 8. The van der Waals surface area contributed by atoms with E-state index in [1.54, 1.807) is 16.2 Å². The predicted molar refractivity (Wildman–Crippen MR) is 152 cm³/mol. The first-order chi connectivity index (χ1) is 19.7. The number of nitrogens with zero attached hydrogens (tertiary/aromatic N) is 5. The van der Waals surface area contributed by atoms with Gasteiger partial charge >= 0.3 is 11.7 Å². The van der Waals surface area contributed by atoms with Crippen LogP contribution in [0.2, 0.25) is 0 Å². The molecular weight excluding hydrogens is 526 g/mol. The number of H-pyrrole nitrogens is 1. The molecule has 0 unspecified atom stereocenters. The number of aromatic amines is 1. The number of benzene rings is 2. The van der Waals surface area contributed by atoms with Crippen LogP contribution in [-0.2, 0) is 19.5 Å². The van der Waals surface area contributed by atoms with Gasteiger partial charge in [-0.05, 0) is 62.9 Å². The van der Waals surface area contributed by atoms with Crippen LogP contribution in [-0.4, -0.2) is 55.6 Å². The Bertz CT molecular complexity index is 1740. The van der Waals surface area contributed by atoms with Gasteiger partial charge in [-0.3, -0.25) is 18.9 Å². The van der Waals surface area contributed by atoms with Gasteiger partial charge in [0.2, 0.25) is 5.82 Å². The molecule has 214 valence electrons. The lowest BCUT2D eigenvalue weighted by atomic mass is 9.97. The van der Waals surface area contributed by atoms with Crippen LogP contribution in [0, 0.1) is 20.8 Å². The Morgan fingerprint density at radius 2 is 1.88 bits per heavy atom. The maximum absolute atomic E-state index is 14.0. The molecular formula is C29H33N7O5. The smallest absolute Gasteiger partial charge is 0.330 e. The quantitative estimate of drug-likeness (QED) is 0.301. The third-order valence-corrected chi connectivity index (χ3v) is 7.04. The molecule has 0 saturated heterocycles. The van der Waals surface area contributed by atoms with Crippen molar-refractivity contribution in [1.82, 2.24) is 29.6 Å². The molecule has 2 aromatic carbocycles. The van der Waals surface area contributed by atoms with Crippen LogP contribution in [0.25, 0.3) is 11.3 Å². The van der Waals surface area contributed by atoms with Crippen molar-refractivity contribution in [3.63, 3.8) is 0 Å². The standard InChI is InChI=1S/C29H33N7O5/c1-6-41-23-13-19-7-9-35-21(20(19)14-22(23)40-5)15-24(31-25-17(3)11-16(2)12-18(25)4)36(29(35)39)10-8-30-27(37)26-32-28(38)34-33-26/h11-15H,6-10H2,1-5H3,(H,30,37)(H2,32,33,34,38)/b31-24+. The molecule has 41 heavy (non-hydrogen) atoms. The van der Waals surface area contributed by atoms with Gasteiger partial charge in [0.25, 0.3) is 5.91 Å². The second-order valence-corrected chi connectivity index (χ2v) is 9.93. The molecule has 0 bridgehead atoms. The lowest BCUT2D eigenvalue weighted by molar-refractivity contribution is 0.0941. The minimum atomic E-state index is -0.550. The molecule has 1 amide bonds. The van der Waals surface area contributed by atoms with Crippen molar-refractivity contribution in [3.05, 3.63) is 74.4 Å². The Balaban J connectivity index is 1.63. The third kappa shape index (κ3) is 5.45. The van der Waals surface area contributed by atoms with Gasteiger partial charge in [-0.15, -0.1) is 5.10 Å².